The summed E-state index contributed by atoms with van der Waals surface area (Å²) >= 11 is 0. The standard InChI is InChI=1S/C24H29N3O/c1-16-13-17(2)23-20(14-16)15-21(18(3)25-23)24(28)26-22(11-12-27(4)5)19-9-7-6-8-10-19/h6-10,13-15,22H,11-12H2,1-5H3,(H,26,28)/t22-/m1/s1. The van der Waals surface area contributed by atoms with E-state index in [4.69, 9.17) is 4.98 Å². The van der Waals surface area contributed by atoms with Crippen molar-refractivity contribution in [3.63, 3.8) is 0 Å². The molecule has 1 amide bonds. The van der Waals surface area contributed by atoms with E-state index in [9.17, 15) is 4.79 Å². The lowest BCUT2D eigenvalue weighted by Crippen LogP contribution is -2.31. The quantitative estimate of drug-likeness (QED) is 0.686. The Kier molecular flexibility index (Phi) is 6.10. The maximum atomic E-state index is 13.1. The van der Waals surface area contributed by atoms with E-state index in [1.165, 1.54) is 5.56 Å². The predicted molar refractivity (Wildman–Crippen MR) is 116 cm³/mol. The van der Waals surface area contributed by atoms with Crippen molar-refractivity contribution in [3.05, 3.63) is 76.5 Å². The van der Waals surface area contributed by atoms with Crippen LogP contribution in [0.25, 0.3) is 10.9 Å². The van der Waals surface area contributed by atoms with Gasteiger partial charge < -0.3 is 10.2 Å². The SMILES string of the molecule is Cc1cc(C)c2nc(C)c(C(=O)N[C@H](CCN(C)C)c3ccccc3)cc2c1. The Morgan fingerprint density at radius 2 is 1.79 bits per heavy atom. The summed E-state index contributed by atoms with van der Waals surface area (Å²) in [5.41, 5.74) is 5.80. The molecule has 0 unspecified atom stereocenters. The van der Waals surface area contributed by atoms with Crippen LogP contribution in [-0.4, -0.2) is 36.4 Å². The zero-order chi connectivity index (χ0) is 20.3. The molecular weight excluding hydrogens is 346 g/mol. The molecule has 1 aromatic heterocycles. The number of hydrogen-bond donors (Lipinski definition) is 1. The summed E-state index contributed by atoms with van der Waals surface area (Å²) in [6.45, 7) is 6.94. The molecule has 1 heterocycles. The topological polar surface area (TPSA) is 45.2 Å². The van der Waals surface area contributed by atoms with Crippen LogP contribution in [0.5, 0.6) is 0 Å². The molecule has 1 atom stereocenters. The second kappa shape index (κ2) is 8.53. The van der Waals surface area contributed by atoms with Crippen molar-refractivity contribution in [3.8, 4) is 0 Å². The Morgan fingerprint density at radius 3 is 2.46 bits per heavy atom. The third-order valence-electron chi connectivity index (χ3n) is 5.06. The minimum Gasteiger partial charge on any atom is -0.345 e. The third kappa shape index (κ3) is 4.57. The molecule has 0 aliphatic carbocycles. The molecule has 0 spiro atoms. The van der Waals surface area contributed by atoms with Gasteiger partial charge in [0.15, 0.2) is 0 Å². The Bertz CT molecular complexity index is 980. The number of rotatable bonds is 6. The fraction of sp³-hybridized carbons (Fsp3) is 0.333. The lowest BCUT2D eigenvalue weighted by Gasteiger charge is -2.22. The van der Waals surface area contributed by atoms with Crippen LogP contribution in [0.3, 0.4) is 0 Å². The van der Waals surface area contributed by atoms with Crippen LogP contribution in [0.1, 0.15) is 45.2 Å². The van der Waals surface area contributed by atoms with Gasteiger partial charge in [0.05, 0.1) is 22.8 Å². The van der Waals surface area contributed by atoms with Crippen molar-refractivity contribution in [2.45, 2.75) is 33.2 Å². The van der Waals surface area contributed by atoms with Crippen molar-refractivity contribution in [1.29, 1.82) is 0 Å². The monoisotopic (exact) mass is 375 g/mol. The van der Waals surface area contributed by atoms with Crippen molar-refractivity contribution in [2.75, 3.05) is 20.6 Å². The van der Waals surface area contributed by atoms with E-state index in [0.717, 1.165) is 40.7 Å². The molecule has 0 fully saturated rings. The van der Waals surface area contributed by atoms with Gasteiger partial charge >= 0.3 is 0 Å². The minimum atomic E-state index is -0.0707. The molecule has 146 valence electrons. The molecule has 0 aliphatic rings. The van der Waals surface area contributed by atoms with Gasteiger partial charge in [-0.25, -0.2) is 0 Å². The number of aromatic nitrogens is 1. The molecule has 4 nitrogen and oxygen atoms in total. The molecule has 2 aromatic carbocycles. The number of carbonyl (C=O) groups excluding carboxylic acids is 1. The molecule has 0 bridgehead atoms. The number of nitrogens with zero attached hydrogens (tertiary/aromatic N) is 2. The number of fused-ring (bicyclic) bond motifs is 1. The van der Waals surface area contributed by atoms with Crippen LogP contribution < -0.4 is 5.32 Å². The highest BCUT2D eigenvalue weighted by molar-refractivity contribution is 5.99. The normalized spacial score (nSPS) is 12.4. The zero-order valence-corrected chi connectivity index (χ0v) is 17.4. The van der Waals surface area contributed by atoms with Crippen LogP contribution in [0, 0.1) is 20.8 Å². The summed E-state index contributed by atoms with van der Waals surface area (Å²) in [6.07, 6.45) is 0.848. The molecule has 4 heteroatoms. The molecule has 0 saturated heterocycles. The zero-order valence-electron chi connectivity index (χ0n) is 17.4. The molecule has 0 radical (unpaired) electrons. The Labute approximate surface area is 167 Å². The van der Waals surface area contributed by atoms with Crippen molar-refractivity contribution < 1.29 is 4.79 Å². The summed E-state index contributed by atoms with van der Waals surface area (Å²) in [5, 5.41) is 4.25. The first-order valence-electron chi connectivity index (χ1n) is 9.74. The number of benzene rings is 2. The molecule has 0 saturated carbocycles. The van der Waals surface area contributed by atoms with Gasteiger partial charge in [-0.05, 0) is 71.1 Å². The number of carbonyl (C=O) groups is 1. The lowest BCUT2D eigenvalue weighted by atomic mass is 10.0. The van der Waals surface area contributed by atoms with E-state index in [1.807, 2.05) is 45.3 Å². The van der Waals surface area contributed by atoms with Crippen LogP contribution in [0.2, 0.25) is 0 Å². The third-order valence-corrected chi connectivity index (χ3v) is 5.06. The van der Waals surface area contributed by atoms with Gasteiger partial charge in [-0.3, -0.25) is 9.78 Å². The van der Waals surface area contributed by atoms with Gasteiger partial charge in [0.1, 0.15) is 0 Å². The van der Waals surface area contributed by atoms with Gasteiger partial charge in [-0.15, -0.1) is 0 Å². The van der Waals surface area contributed by atoms with E-state index in [0.29, 0.717) is 5.56 Å². The number of nitrogens with one attached hydrogen (secondary N) is 1. The molecule has 1 N–H and O–H groups in total. The van der Waals surface area contributed by atoms with Crippen LogP contribution >= 0.6 is 0 Å². The lowest BCUT2D eigenvalue weighted by molar-refractivity contribution is 0.0932. The summed E-state index contributed by atoms with van der Waals surface area (Å²) in [7, 11) is 4.10. The van der Waals surface area contributed by atoms with Crippen LogP contribution in [0.15, 0.2) is 48.5 Å². The van der Waals surface area contributed by atoms with Gasteiger partial charge in [0.2, 0.25) is 0 Å². The maximum absolute atomic E-state index is 13.1. The first kappa shape index (κ1) is 20.0. The average Bonchev–Trinajstić information content (AvgIpc) is 2.65. The van der Waals surface area contributed by atoms with Crippen molar-refractivity contribution >= 4 is 16.8 Å². The van der Waals surface area contributed by atoms with Crippen LogP contribution in [0.4, 0.5) is 0 Å². The van der Waals surface area contributed by atoms with E-state index in [1.54, 1.807) is 0 Å². The molecule has 3 aromatic rings. The molecule has 0 aliphatic heterocycles. The highest BCUT2D eigenvalue weighted by atomic mass is 16.1. The van der Waals surface area contributed by atoms with Gasteiger partial charge in [0, 0.05) is 5.39 Å². The molecule has 3 rings (SSSR count). The highest BCUT2D eigenvalue weighted by Crippen LogP contribution is 2.23. The predicted octanol–water partition coefficient (Wildman–Crippen LogP) is 4.58. The Morgan fingerprint density at radius 1 is 1.07 bits per heavy atom. The van der Waals surface area contributed by atoms with Gasteiger partial charge in [0.25, 0.3) is 5.91 Å². The number of hydrogen-bond acceptors (Lipinski definition) is 3. The smallest absolute Gasteiger partial charge is 0.253 e. The Balaban J connectivity index is 1.92. The van der Waals surface area contributed by atoms with Crippen molar-refractivity contribution in [1.82, 2.24) is 15.2 Å². The van der Waals surface area contributed by atoms with Crippen LogP contribution in [-0.2, 0) is 0 Å². The summed E-state index contributed by atoms with van der Waals surface area (Å²) in [5.74, 6) is -0.0707. The van der Waals surface area contributed by atoms with Gasteiger partial charge in [-0.1, -0.05) is 42.0 Å². The minimum absolute atomic E-state index is 0.0366. The highest BCUT2D eigenvalue weighted by Gasteiger charge is 2.18. The average molecular weight is 376 g/mol. The second-order valence-corrected chi connectivity index (χ2v) is 7.80. The van der Waals surface area contributed by atoms with E-state index in [-0.39, 0.29) is 11.9 Å². The largest absolute Gasteiger partial charge is 0.345 e. The number of pyridine rings is 1. The number of amides is 1. The van der Waals surface area contributed by atoms with E-state index >= 15 is 0 Å². The van der Waals surface area contributed by atoms with E-state index in [2.05, 4.69) is 48.3 Å². The first-order chi connectivity index (χ1) is 13.3. The van der Waals surface area contributed by atoms with Crippen molar-refractivity contribution in [2.24, 2.45) is 0 Å². The molecule has 28 heavy (non-hydrogen) atoms. The Hall–Kier alpha value is -2.72. The summed E-state index contributed by atoms with van der Waals surface area (Å²) in [6, 6.07) is 16.3. The van der Waals surface area contributed by atoms with E-state index < -0.39 is 0 Å². The fourth-order valence-corrected chi connectivity index (χ4v) is 3.60. The summed E-state index contributed by atoms with van der Waals surface area (Å²) in [4.78, 5) is 20.0. The second-order valence-electron chi connectivity index (χ2n) is 7.80. The number of aryl methyl sites for hydroxylation is 3. The fourth-order valence-electron chi connectivity index (χ4n) is 3.60. The summed E-state index contributed by atoms with van der Waals surface area (Å²) < 4.78 is 0. The van der Waals surface area contributed by atoms with Gasteiger partial charge in [-0.2, -0.15) is 0 Å². The first-order valence-corrected chi connectivity index (χ1v) is 9.74. The molecular formula is C24H29N3O. The maximum Gasteiger partial charge on any atom is 0.253 e.